The molecular weight excluding hydrogens is 322 g/mol. The minimum Gasteiger partial charge on any atom is -0.347 e. The van der Waals surface area contributed by atoms with Crippen LogP contribution in [0.25, 0.3) is 0 Å². The van der Waals surface area contributed by atoms with Crippen LogP contribution in [-0.2, 0) is 19.1 Å². The van der Waals surface area contributed by atoms with Crippen LogP contribution in [0.5, 0.6) is 0 Å². The summed E-state index contributed by atoms with van der Waals surface area (Å²) in [5.41, 5.74) is 0.613. The number of rotatable bonds is 3. The second kappa shape index (κ2) is 7.64. The van der Waals surface area contributed by atoms with E-state index in [0.717, 1.165) is 25.7 Å². The van der Waals surface area contributed by atoms with Crippen molar-refractivity contribution in [1.29, 1.82) is 5.26 Å². The molecule has 2 fully saturated rings. The van der Waals surface area contributed by atoms with Crippen molar-refractivity contribution in [3.05, 3.63) is 29.8 Å². The fraction of sp³-hybridized carbons (Fsp3) is 0.500. The summed E-state index contributed by atoms with van der Waals surface area (Å²) in [6.45, 7) is 0.632. The molecule has 1 aliphatic heterocycles. The Bertz CT molecular complexity index is 692. The summed E-state index contributed by atoms with van der Waals surface area (Å²) in [7, 11) is 0. The lowest BCUT2D eigenvalue weighted by Crippen LogP contribution is -2.41. The topological polar surface area (TPSA) is 100 Å². The van der Waals surface area contributed by atoms with Gasteiger partial charge in [0, 0.05) is 19.4 Å². The molecule has 2 N–H and O–H groups in total. The van der Waals surface area contributed by atoms with Gasteiger partial charge in [-0.15, -0.1) is 0 Å². The summed E-state index contributed by atoms with van der Waals surface area (Å²) >= 11 is 0. The highest BCUT2D eigenvalue weighted by molar-refractivity contribution is 6.39. The van der Waals surface area contributed by atoms with E-state index in [9.17, 15) is 9.59 Å². The van der Waals surface area contributed by atoms with Gasteiger partial charge in [0.2, 0.25) is 0 Å². The maximum absolute atomic E-state index is 12.0. The molecule has 1 aromatic rings. The lowest BCUT2D eigenvalue weighted by molar-refractivity contribution is -0.186. The van der Waals surface area contributed by atoms with Gasteiger partial charge in [0.05, 0.1) is 17.9 Å². The third-order valence-corrected chi connectivity index (χ3v) is 4.52. The first kappa shape index (κ1) is 17.4. The molecule has 0 aromatic heterocycles. The molecule has 3 rings (SSSR count). The zero-order valence-electron chi connectivity index (χ0n) is 13.9. The fourth-order valence-electron chi connectivity index (χ4n) is 3.23. The van der Waals surface area contributed by atoms with Gasteiger partial charge in [-0.3, -0.25) is 9.59 Å². The maximum atomic E-state index is 12.0. The van der Waals surface area contributed by atoms with Crippen LogP contribution in [0.1, 0.15) is 37.7 Å². The molecule has 7 nitrogen and oxygen atoms in total. The first-order valence-electron chi connectivity index (χ1n) is 8.52. The van der Waals surface area contributed by atoms with Gasteiger partial charge in [0.15, 0.2) is 5.79 Å². The first-order chi connectivity index (χ1) is 12.1. The van der Waals surface area contributed by atoms with Crippen LogP contribution in [-0.4, -0.2) is 36.9 Å². The average Bonchev–Trinajstić information content (AvgIpc) is 3.03. The molecule has 0 bridgehead atoms. The molecule has 25 heavy (non-hydrogen) atoms. The Hall–Kier alpha value is -2.43. The van der Waals surface area contributed by atoms with Gasteiger partial charge >= 0.3 is 11.8 Å². The minimum atomic E-state index is -0.811. The van der Waals surface area contributed by atoms with Crippen molar-refractivity contribution in [2.24, 2.45) is 0 Å². The number of nitrogens with one attached hydrogen (secondary N) is 2. The standard InChI is InChI=1S/C18H21N3O4/c19-10-13-6-2-3-7-15(13)21-17(23)16(22)20-11-14-12-24-18(25-14)8-4-1-5-9-18/h2-3,6-7,14H,1,4-5,8-9,11-12H2,(H,20,22)(H,21,23)/t14-/m0/s1. The zero-order chi connectivity index (χ0) is 17.7. The van der Waals surface area contributed by atoms with E-state index < -0.39 is 17.6 Å². The van der Waals surface area contributed by atoms with Gasteiger partial charge in [-0.25, -0.2) is 0 Å². The molecule has 1 saturated carbocycles. The highest BCUT2D eigenvalue weighted by Crippen LogP contribution is 2.37. The molecule has 1 atom stereocenters. The number of carbonyl (C=O) groups is 2. The fourth-order valence-corrected chi connectivity index (χ4v) is 3.23. The predicted octanol–water partition coefficient (Wildman–Crippen LogP) is 1.69. The van der Waals surface area contributed by atoms with E-state index in [1.807, 2.05) is 6.07 Å². The molecule has 1 aromatic carbocycles. The quantitative estimate of drug-likeness (QED) is 0.814. The summed E-state index contributed by atoms with van der Waals surface area (Å²) in [6, 6.07) is 8.48. The highest BCUT2D eigenvalue weighted by Gasteiger charge is 2.42. The lowest BCUT2D eigenvalue weighted by Gasteiger charge is -2.31. The van der Waals surface area contributed by atoms with E-state index in [2.05, 4.69) is 10.6 Å². The second-order valence-electron chi connectivity index (χ2n) is 6.34. The van der Waals surface area contributed by atoms with Crippen LogP contribution in [0.2, 0.25) is 0 Å². The van der Waals surface area contributed by atoms with E-state index >= 15 is 0 Å². The van der Waals surface area contributed by atoms with Crippen LogP contribution < -0.4 is 10.6 Å². The molecule has 1 heterocycles. The Kier molecular flexibility index (Phi) is 5.31. The molecule has 132 valence electrons. The van der Waals surface area contributed by atoms with E-state index in [4.69, 9.17) is 14.7 Å². The Morgan fingerprint density at radius 1 is 1.20 bits per heavy atom. The highest BCUT2D eigenvalue weighted by atomic mass is 16.7. The van der Waals surface area contributed by atoms with Crippen LogP contribution in [0.3, 0.4) is 0 Å². The van der Waals surface area contributed by atoms with Crippen molar-refractivity contribution < 1.29 is 19.1 Å². The van der Waals surface area contributed by atoms with Crippen LogP contribution in [0.4, 0.5) is 5.69 Å². The maximum Gasteiger partial charge on any atom is 0.313 e. The van der Waals surface area contributed by atoms with Gasteiger partial charge in [0.25, 0.3) is 0 Å². The predicted molar refractivity (Wildman–Crippen MR) is 89.4 cm³/mol. The monoisotopic (exact) mass is 343 g/mol. The Balaban J connectivity index is 1.48. The van der Waals surface area contributed by atoms with E-state index in [1.54, 1.807) is 24.3 Å². The number of amides is 2. The van der Waals surface area contributed by atoms with Crippen molar-refractivity contribution in [1.82, 2.24) is 5.32 Å². The molecule has 0 unspecified atom stereocenters. The number of nitrogens with zero attached hydrogens (tertiary/aromatic N) is 1. The van der Waals surface area contributed by atoms with Crippen LogP contribution in [0, 0.1) is 11.3 Å². The molecule has 1 aliphatic carbocycles. The number of hydrogen-bond donors (Lipinski definition) is 2. The van der Waals surface area contributed by atoms with Crippen molar-refractivity contribution in [2.45, 2.75) is 44.0 Å². The summed E-state index contributed by atoms with van der Waals surface area (Å²) in [5.74, 6) is -2.07. The van der Waals surface area contributed by atoms with Gasteiger partial charge < -0.3 is 20.1 Å². The molecule has 1 spiro atoms. The minimum absolute atomic E-state index is 0.216. The second-order valence-corrected chi connectivity index (χ2v) is 6.34. The van der Waals surface area contributed by atoms with Gasteiger partial charge in [-0.05, 0) is 25.0 Å². The van der Waals surface area contributed by atoms with Crippen LogP contribution in [0.15, 0.2) is 24.3 Å². The number of hydrogen-bond acceptors (Lipinski definition) is 5. The van der Waals surface area contributed by atoms with Crippen molar-refractivity contribution in [2.75, 3.05) is 18.5 Å². The number of carbonyl (C=O) groups excluding carboxylic acids is 2. The largest absolute Gasteiger partial charge is 0.347 e. The number of ether oxygens (including phenoxy) is 2. The third-order valence-electron chi connectivity index (χ3n) is 4.52. The Morgan fingerprint density at radius 2 is 1.96 bits per heavy atom. The summed E-state index contributed by atoms with van der Waals surface area (Å²) in [5, 5.41) is 14.0. The zero-order valence-corrected chi connectivity index (χ0v) is 13.9. The number of benzene rings is 1. The smallest absolute Gasteiger partial charge is 0.313 e. The Morgan fingerprint density at radius 3 is 2.72 bits per heavy atom. The van der Waals surface area contributed by atoms with Gasteiger partial charge in [0.1, 0.15) is 12.2 Å². The van der Waals surface area contributed by atoms with E-state index in [0.29, 0.717) is 17.9 Å². The molecular formula is C18H21N3O4. The molecule has 7 heteroatoms. The normalized spacial score (nSPS) is 21.5. The summed E-state index contributed by atoms with van der Waals surface area (Å²) < 4.78 is 11.8. The molecule has 0 radical (unpaired) electrons. The van der Waals surface area contributed by atoms with Crippen molar-refractivity contribution in [3.63, 3.8) is 0 Å². The lowest BCUT2D eigenvalue weighted by atomic mass is 9.94. The van der Waals surface area contributed by atoms with Crippen LogP contribution >= 0.6 is 0 Å². The van der Waals surface area contributed by atoms with E-state index in [1.165, 1.54) is 6.42 Å². The number of anilines is 1. The van der Waals surface area contributed by atoms with Gasteiger partial charge in [-0.1, -0.05) is 18.6 Å². The number of para-hydroxylation sites is 1. The summed E-state index contributed by atoms with van der Waals surface area (Å²) in [4.78, 5) is 23.9. The van der Waals surface area contributed by atoms with Gasteiger partial charge in [-0.2, -0.15) is 5.26 Å². The molecule has 2 amide bonds. The SMILES string of the molecule is N#Cc1ccccc1NC(=O)C(=O)NC[C@H]1COC2(CCCCC2)O1. The van der Waals surface area contributed by atoms with E-state index in [-0.39, 0.29) is 12.6 Å². The van der Waals surface area contributed by atoms with Crippen molar-refractivity contribution in [3.8, 4) is 6.07 Å². The molecule has 1 saturated heterocycles. The Labute approximate surface area is 146 Å². The molecule has 2 aliphatic rings. The summed E-state index contributed by atoms with van der Waals surface area (Å²) in [6.07, 6.45) is 4.87. The average molecular weight is 343 g/mol. The number of nitriles is 1. The van der Waals surface area contributed by atoms with Crippen molar-refractivity contribution >= 4 is 17.5 Å². The third kappa shape index (κ3) is 4.16. The first-order valence-corrected chi connectivity index (χ1v) is 8.52.